The second-order valence-corrected chi connectivity index (χ2v) is 17.7. The van der Waals surface area contributed by atoms with E-state index in [0.717, 1.165) is 22.7 Å². The maximum atomic E-state index is 2.40. The van der Waals surface area contributed by atoms with Crippen molar-refractivity contribution in [2.24, 2.45) is 0 Å². The maximum Gasteiger partial charge on any atom is 0.0542 e. The normalized spacial score (nSPS) is 11.5. The highest BCUT2D eigenvalue weighted by Crippen LogP contribution is 2.45. The van der Waals surface area contributed by atoms with Crippen LogP contribution in [-0.4, -0.2) is 4.57 Å². The fourth-order valence-electron chi connectivity index (χ4n) is 10.6. The Bertz CT molecular complexity index is 3920. The summed E-state index contributed by atoms with van der Waals surface area (Å²) < 4.78 is 2.38. The second-order valence-electron chi connectivity index (χ2n) is 17.7. The van der Waals surface area contributed by atoms with Gasteiger partial charge in [-0.15, -0.1) is 0 Å². The molecule has 0 radical (unpaired) electrons. The minimum Gasteiger partial charge on any atom is -0.310 e. The summed E-state index contributed by atoms with van der Waals surface area (Å²) in [5.41, 5.74) is 16.5. The predicted molar refractivity (Wildman–Crippen MR) is 290 cm³/mol. The van der Waals surface area contributed by atoms with E-state index in [2.05, 4.69) is 276 Å². The molecule has 2 nitrogen and oxygen atoms in total. The summed E-state index contributed by atoms with van der Waals surface area (Å²) in [4.78, 5) is 2.40. The van der Waals surface area contributed by atoms with Gasteiger partial charge in [0.15, 0.2) is 0 Å². The van der Waals surface area contributed by atoms with Gasteiger partial charge in [-0.3, -0.25) is 0 Å². The zero-order valence-electron chi connectivity index (χ0n) is 37.3. The fraction of sp³-hybridized carbons (Fsp3) is 0. The summed E-state index contributed by atoms with van der Waals surface area (Å²) in [6.45, 7) is 0. The van der Waals surface area contributed by atoms with Crippen LogP contribution < -0.4 is 4.90 Å². The monoisotopic (exact) mass is 864 g/mol. The zero-order chi connectivity index (χ0) is 45.0. The van der Waals surface area contributed by atoms with Crippen molar-refractivity contribution in [1.29, 1.82) is 0 Å². The highest BCUT2D eigenvalue weighted by molar-refractivity contribution is 6.21. The smallest absolute Gasteiger partial charge is 0.0542 e. The number of rotatable bonds is 8. The molecule has 1 aromatic heterocycles. The SMILES string of the molecule is c1ccc(-c2c3ccccc3c(-c3ccc(N(c4ccc(-c5ccc(-c6ccc7ccccc7c6)cc5)cc4)c4ccc5c(c4)c4ccccc4n5-c4ccccc4)cc3)c3ccccc23)cc1. The van der Waals surface area contributed by atoms with Gasteiger partial charge in [0.2, 0.25) is 0 Å². The Balaban J connectivity index is 0.931. The number of fused-ring (bicyclic) bond motifs is 6. The van der Waals surface area contributed by atoms with Crippen molar-refractivity contribution in [2.45, 2.75) is 0 Å². The Morgan fingerprint density at radius 2 is 0.647 bits per heavy atom. The van der Waals surface area contributed by atoms with Gasteiger partial charge in [0.1, 0.15) is 0 Å². The zero-order valence-corrected chi connectivity index (χ0v) is 37.3. The van der Waals surface area contributed by atoms with Crippen LogP contribution in [0.1, 0.15) is 0 Å². The van der Waals surface area contributed by atoms with Crippen LogP contribution in [-0.2, 0) is 0 Å². The average molecular weight is 865 g/mol. The lowest BCUT2D eigenvalue weighted by atomic mass is 9.86. The molecule has 0 atom stereocenters. The molecule has 2 heteroatoms. The Kier molecular flexibility index (Phi) is 9.54. The van der Waals surface area contributed by atoms with E-state index in [1.165, 1.54) is 98.6 Å². The van der Waals surface area contributed by atoms with Gasteiger partial charge in [0, 0.05) is 33.5 Å². The van der Waals surface area contributed by atoms with E-state index < -0.39 is 0 Å². The van der Waals surface area contributed by atoms with Crippen LogP contribution >= 0.6 is 0 Å². The molecule has 0 N–H and O–H groups in total. The van der Waals surface area contributed by atoms with E-state index in [9.17, 15) is 0 Å². The van der Waals surface area contributed by atoms with Crippen molar-refractivity contribution in [3.63, 3.8) is 0 Å². The summed E-state index contributed by atoms with van der Waals surface area (Å²) in [7, 11) is 0. The third kappa shape index (κ3) is 6.73. The van der Waals surface area contributed by atoms with Gasteiger partial charge in [-0.1, -0.05) is 200 Å². The van der Waals surface area contributed by atoms with Gasteiger partial charge in [0.25, 0.3) is 0 Å². The highest BCUT2D eigenvalue weighted by Gasteiger charge is 2.20. The Hall–Kier alpha value is -8.98. The quantitative estimate of drug-likeness (QED) is 0.138. The molecule has 12 aromatic carbocycles. The molecule has 0 saturated heterocycles. The van der Waals surface area contributed by atoms with Crippen LogP contribution in [0.2, 0.25) is 0 Å². The fourth-order valence-corrected chi connectivity index (χ4v) is 10.6. The predicted octanol–water partition coefficient (Wildman–Crippen LogP) is 18.4. The van der Waals surface area contributed by atoms with Gasteiger partial charge >= 0.3 is 0 Å². The first kappa shape index (κ1) is 39.4. The van der Waals surface area contributed by atoms with E-state index in [1.54, 1.807) is 0 Å². The molecule has 0 aliphatic carbocycles. The summed E-state index contributed by atoms with van der Waals surface area (Å²) in [6, 6.07) is 97.4. The Labute approximate surface area is 395 Å². The molecule has 13 rings (SSSR count). The molecule has 0 amide bonds. The standard InChI is InChI=1S/C66H44N2/c1-3-16-49(17-4-1)65-58-22-9-11-24-60(58)66(61-25-12-10-23-59(61)65)50-35-39-55(40-36-50)67(56-41-42-64-62(44-56)57-21-13-14-26-63(57)68(64)53-19-5-2-6-20-53)54-37-33-47(34-38-54)46-27-29-48(30-28-46)52-32-31-45-15-7-8-18-51(45)43-52/h1-44H. The molecule has 0 aliphatic rings. The number of benzene rings is 12. The van der Waals surface area contributed by atoms with Crippen molar-refractivity contribution < 1.29 is 0 Å². The van der Waals surface area contributed by atoms with E-state index >= 15 is 0 Å². The van der Waals surface area contributed by atoms with Gasteiger partial charge < -0.3 is 9.47 Å². The number of hydrogen-bond donors (Lipinski definition) is 0. The lowest BCUT2D eigenvalue weighted by Gasteiger charge is -2.26. The molecule has 0 spiro atoms. The number of nitrogens with zero attached hydrogens (tertiary/aromatic N) is 2. The lowest BCUT2D eigenvalue weighted by Crippen LogP contribution is -2.10. The molecule has 0 unspecified atom stereocenters. The third-order valence-electron chi connectivity index (χ3n) is 13.8. The molecule has 0 bridgehead atoms. The molecule has 0 saturated carbocycles. The van der Waals surface area contributed by atoms with E-state index in [0.29, 0.717) is 0 Å². The largest absolute Gasteiger partial charge is 0.310 e. The van der Waals surface area contributed by atoms with Crippen LogP contribution in [0.4, 0.5) is 17.1 Å². The minimum absolute atomic E-state index is 1.09. The topological polar surface area (TPSA) is 8.17 Å². The molecule has 1 heterocycles. The first-order valence-corrected chi connectivity index (χ1v) is 23.4. The van der Waals surface area contributed by atoms with Crippen molar-refractivity contribution in [3.8, 4) is 50.2 Å². The van der Waals surface area contributed by atoms with Crippen LogP contribution in [0.15, 0.2) is 267 Å². The highest BCUT2D eigenvalue weighted by atomic mass is 15.1. The van der Waals surface area contributed by atoms with Crippen molar-refractivity contribution >= 4 is 71.2 Å². The lowest BCUT2D eigenvalue weighted by molar-refractivity contribution is 1.18. The summed E-state index contributed by atoms with van der Waals surface area (Å²) in [5.74, 6) is 0. The molecular weight excluding hydrogens is 821 g/mol. The van der Waals surface area contributed by atoms with Gasteiger partial charge in [-0.2, -0.15) is 0 Å². The number of para-hydroxylation sites is 2. The summed E-state index contributed by atoms with van der Waals surface area (Å²) in [6.07, 6.45) is 0. The summed E-state index contributed by atoms with van der Waals surface area (Å²) in [5, 5.41) is 9.95. The van der Waals surface area contributed by atoms with Crippen LogP contribution in [0.5, 0.6) is 0 Å². The first-order valence-electron chi connectivity index (χ1n) is 23.4. The molecule has 68 heavy (non-hydrogen) atoms. The van der Waals surface area contributed by atoms with Crippen LogP contribution in [0.3, 0.4) is 0 Å². The first-order chi connectivity index (χ1) is 33.7. The third-order valence-corrected chi connectivity index (χ3v) is 13.8. The van der Waals surface area contributed by atoms with E-state index in [1.807, 2.05) is 0 Å². The molecular formula is C66H44N2. The van der Waals surface area contributed by atoms with Crippen molar-refractivity contribution in [2.75, 3.05) is 4.90 Å². The molecule has 0 aliphatic heterocycles. The minimum atomic E-state index is 1.09. The average Bonchev–Trinajstić information content (AvgIpc) is 3.75. The van der Waals surface area contributed by atoms with Gasteiger partial charge in [0.05, 0.1) is 11.0 Å². The van der Waals surface area contributed by atoms with Gasteiger partial charge in [-0.25, -0.2) is 0 Å². The van der Waals surface area contributed by atoms with Gasteiger partial charge in [-0.05, 0) is 144 Å². The maximum absolute atomic E-state index is 2.40. The van der Waals surface area contributed by atoms with E-state index in [4.69, 9.17) is 0 Å². The van der Waals surface area contributed by atoms with Crippen LogP contribution in [0, 0.1) is 0 Å². The number of anilines is 3. The molecule has 318 valence electrons. The Morgan fingerprint density at radius 1 is 0.235 bits per heavy atom. The van der Waals surface area contributed by atoms with Crippen molar-refractivity contribution in [1.82, 2.24) is 4.57 Å². The number of hydrogen-bond acceptors (Lipinski definition) is 1. The number of aromatic nitrogens is 1. The van der Waals surface area contributed by atoms with Crippen molar-refractivity contribution in [3.05, 3.63) is 267 Å². The Morgan fingerprint density at radius 3 is 1.25 bits per heavy atom. The second kappa shape index (κ2) is 16.5. The molecule has 0 fully saturated rings. The van der Waals surface area contributed by atoms with Crippen LogP contribution in [0.25, 0.3) is 104 Å². The van der Waals surface area contributed by atoms with E-state index in [-0.39, 0.29) is 0 Å². The molecule has 13 aromatic rings. The summed E-state index contributed by atoms with van der Waals surface area (Å²) >= 11 is 0.